The first-order valence-corrected chi connectivity index (χ1v) is 8.87. The molecular weight excluding hydrogens is 381 g/mol. The van der Waals surface area contributed by atoms with Crippen molar-refractivity contribution >= 4 is 41.7 Å². The van der Waals surface area contributed by atoms with Crippen molar-refractivity contribution in [1.29, 1.82) is 0 Å². The third-order valence-corrected chi connectivity index (χ3v) is 5.30. The maximum atomic E-state index is 4.35. The van der Waals surface area contributed by atoms with E-state index in [1.54, 1.807) is 0 Å². The van der Waals surface area contributed by atoms with Crippen molar-refractivity contribution in [2.75, 3.05) is 19.3 Å². The number of nitrogens with one attached hydrogen (secondary N) is 2. The van der Waals surface area contributed by atoms with Crippen LogP contribution in [0.1, 0.15) is 52.9 Å². The quantitative estimate of drug-likeness (QED) is 0.378. The van der Waals surface area contributed by atoms with E-state index in [9.17, 15) is 0 Å². The van der Waals surface area contributed by atoms with Crippen LogP contribution in [-0.4, -0.2) is 36.6 Å². The van der Waals surface area contributed by atoms with Crippen molar-refractivity contribution in [2.45, 2.75) is 64.2 Å². The van der Waals surface area contributed by atoms with Gasteiger partial charge in [-0.25, -0.2) is 0 Å². The average Bonchev–Trinajstić information content (AvgIpc) is 2.86. The number of guanidine groups is 1. The molecule has 1 fully saturated rings. The largest absolute Gasteiger partial charge is 0.356 e. The van der Waals surface area contributed by atoms with E-state index in [2.05, 4.69) is 48.2 Å². The molecule has 2 atom stereocenters. The molecule has 0 aromatic carbocycles. The maximum Gasteiger partial charge on any atom is 0.191 e. The number of halogens is 1. The first kappa shape index (κ1) is 20.3. The second-order valence-corrected chi connectivity index (χ2v) is 6.94. The molecule has 0 radical (unpaired) electrons. The zero-order valence-electron chi connectivity index (χ0n) is 13.4. The van der Waals surface area contributed by atoms with Crippen LogP contribution in [0.15, 0.2) is 4.99 Å². The van der Waals surface area contributed by atoms with Crippen molar-refractivity contribution in [3.8, 4) is 0 Å². The van der Waals surface area contributed by atoms with E-state index >= 15 is 0 Å². The van der Waals surface area contributed by atoms with Gasteiger partial charge in [-0.05, 0) is 30.9 Å². The van der Waals surface area contributed by atoms with Gasteiger partial charge >= 0.3 is 0 Å². The SMILES string of the molecule is CCSC1CCC(NC(=NC)NCC(CC)CC)C1.I. The average molecular weight is 413 g/mol. The lowest BCUT2D eigenvalue weighted by Gasteiger charge is -2.20. The highest BCUT2D eigenvalue weighted by molar-refractivity contribution is 14.0. The highest BCUT2D eigenvalue weighted by Crippen LogP contribution is 2.29. The van der Waals surface area contributed by atoms with Crippen LogP contribution in [-0.2, 0) is 0 Å². The second-order valence-electron chi connectivity index (χ2n) is 5.37. The van der Waals surface area contributed by atoms with Gasteiger partial charge in [0.15, 0.2) is 5.96 Å². The maximum absolute atomic E-state index is 4.35. The Hall–Kier alpha value is 0.350. The second kappa shape index (κ2) is 12.0. The van der Waals surface area contributed by atoms with Crippen LogP contribution in [0.25, 0.3) is 0 Å². The molecule has 1 saturated carbocycles. The molecule has 0 aromatic heterocycles. The molecular formula is C15H32IN3S. The van der Waals surface area contributed by atoms with Crippen molar-refractivity contribution in [3.63, 3.8) is 0 Å². The van der Waals surface area contributed by atoms with Crippen molar-refractivity contribution < 1.29 is 0 Å². The van der Waals surface area contributed by atoms with E-state index in [1.807, 2.05) is 7.05 Å². The molecule has 1 rings (SSSR count). The number of rotatable bonds is 7. The van der Waals surface area contributed by atoms with Gasteiger partial charge in [-0.3, -0.25) is 4.99 Å². The van der Waals surface area contributed by atoms with Gasteiger partial charge in [-0.1, -0.05) is 33.6 Å². The molecule has 1 aliphatic carbocycles. The predicted octanol–water partition coefficient (Wildman–Crippen LogP) is 3.88. The lowest BCUT2D eigenvalue weighted by atomic mass is 10.0. The van der Waals surface area contributed by atoms with E-state index < -0.39 is 0 Å². The summed E-state index contributed by atoms with van der Waals surface area (Å²) in [7, 11) is 1.87. The molecule has 5 heteroatoms. The summed E-state index contributed by atoms with van der Waals surface area (Å²) >= 11 is 2.10. The van der Waals surface area contributed by atoms with Crippen LogP contribution in [0, 0.1) is 5.92 Å². The minimum Gasteiger partial charge on any atom is -0.356 e. The summed E-state index contributed by atoms with van der Waals surface area (Å²) in [5, 5.41) is 7.91. The van der Waals surface area contributed by atoms with E-state index in [1.165, 1.54) is 37.9 Å². The highest BCUT2D eigenvalue weighted by Gasteiger charge is 2.25. The summed E-state index contributed by atoms with van der Waals surface area (Å²) in [6.07, 6.45) is 6.38. The Labute approximate surface area is 146 Å². The fraction of sp³-hybridized carbons (Fsp3) is 0.933. The molecule has 1 aliphatic rings. The lowest BCUT2D eigenvalue weighted by Crippen LogP contribution is -2.44. The van der Waals surface area contributed by atoms with Gasteiger partial charge in [0, 0.05) is 24.9 Å². The standard InChI is InChI=1S/C15H31N3S.HI/c1-5-12(6-2)11-17-15(16-4)18-13-8-9-14(10-13)19-7-3;/h12-14H,5-11H2,1-4H3,(H2,16,17,18);1H. The van der Waals surface area contributed by atoms with Gasteiger partial charge in [-0.15, -0.1) is 24.0 Å². The van der Waals surface area contributed by atoms with Crippen LogP contribution < -0.4 is 10.6 Å². The fourth-order valence-electron chi connectivity index (χ4n) is 2.66. The van der Waals surface area contributed by atoms with Crippen molar-refractivity contribution in [1.82, 2.24) is 10.6 Å². The van der Waals surface area contributed by atoms with E-state index in [4.69, 9.17) is 0 Å². The Morgan fingerprint density at radius 1 is 1.25 bits per heavy atom. The third-order valence-electron chi connectivity index (χ3n) is 4.06. The molecule has 0 saturated heterocycles. The molecule has 0 heterocycles. The fourth-order valence-corrected chi connectivity index (χ4v) is 3.81. The van der Waals surface area contributed by atoms with Gasteiger partial charge in [0.2, 0.25) is 0 Å². The molecule has 120 valence electrons. The number of hydrogen-bond donors (Lipinski definition) is 2. The Morgan fingerprint density at radius 2 is 1.95 bits per heavy atom. The van der Waals surface area contributed by atoms with E-state index in [0.717, 1.165) is 23.7 Å². The lowest BCUT2D eigenvalue weighted by molar-refractivity contribution is 0.478. The Bertz CT molecular complexity index is 270. The summed E-state index contributed by atoms with van der Waals surface area (Å²) in [6.45, 7) is 7.80. The first-order chi connectivity index (χ1) is 9.23. The zero-order chi connectivity index (χ0) is 14.1. The molecule has 0 bridgehead atoms. The van der Waals surface area contributed by atoms with Crippen LogP contribution >= 0.6 is 35.7 Å². The van der Waals surface area contributed by atoms with Crippen LogP contribution in [0.2, 0.25) is 0 Å². The summed E-state index contributed by atoms with van der Waals surface area (Å²) in [4.78, 5) is 4.35. The van der Waals surface area contributed by atoms with Crippen molar-refractivity contribution in [3.05, 3.63) is 0 Å². The number of aliphatic imine (C=N–C) groups is 1. The van der Waals surface area contributed by atoms with Crippen molar-refractivity contribution in [2.24, 2.45) is 10.9 Å². The number of nitrogens with zero attached hydrogens (tertiary/aromatic N) is 1. The van der Waals surface area contributed by atoms with Gasteiger partial charge in [0.05, 0.1) is 0 Å². The van der Waals surface area contributed by atoms with E-state index in [0.29, 0.717) is 6.04 Å². The number of thioether (sulfide) groups is 1. The molecule has 0 spiro atoms. The Balaban J connectivity index is 0.00000361. The summed E-state index contributed by atoms with van der Waals surface area (Å²) in [6, 6.07) is 0.608. The molecule has 0 amide bonds. The molecule has 0 aromatic rings. The summed E-state index contributed by atoms with van der Waals surface area (Å²) < 4.78 is 0. The molecule has 2 unspecified atom stereocenters. The van der Waals surface area contributed by atoms with Gasteiger partial charge in [0.1, 0.15) is 0 Å². The van der Waals surface area contributed by atoms with Gasteiger partial charge < -0.3 is 10.6 Å². The predicted molar refractivity (Wildman–Crippen MR) is 104 cm³/mol. The molecule has 3 nitrogen and oxygen atoms in total. The zero-order valence-corrected chi connectivity index (χ0v) is 16.6. The number of hydrogen-bond acceptors (Lipinski definition) is 2. The van der Waals surface area contributed by atoms with E-state index in [-0.39, 0.29) is 24.0 Å². The van der Waals surface area contributed by atoms with Gasteiger partial charge in [0.25, 0.3) is 0 Å². The molecule has 2 N–H and O–H groups in total. The third kappa shape index (κ3) is 7.38. The van der Waals surface area contributed by atoms with Crippen LogP contribution in [0.3, 0.4) is 0 Å². The topological polar surface area (TPSA) is 36.4 Å². The molecule has 0 aliphatic heterocycles. The minimum atomic E-state index is 0. The van der Waals surface area contributed by atoms with Gasteiger partial charge in [-0.2, -0.15) is 11.8 Å². The summed E-state index contributed by atoms with van der Waals surface area (Å²) in [5.74, 6) is 2.98. The minimum absolute atomic E-state index is 0. The monoisotopic (exact) mass is 413 g/mol. The van der Waals surface area contributed by atoms with Crippen LogP contribution in [0.5, 0.6) is 0 Å². The first-order valence-electron chi connectivity index (χ1n) is 7.82. The Morgan fingerprint density at radius 3 is 2.50 bits per heavy atom. The molecule has 20 heavy (non-hydrogen) atoms. The summed E-state index contributed by atoms with van der Waals surface area (Å²) in [5.41, 5.74) is 0. The smallest absolute Gasteiger partial charge is 0.191 e. The highest BCUT2D eigenvalue weighted by atomic mass is 127. The normalized spacial score (nSPS) is 22.8. The van der Waals surface area contributed by atoms with Crippen LogP contribution in [0.4, 0.5) is 0 Å². The Kier molecular flexibility index (Phi) is 12.2.